The van der Waals surface area contributed by atoms with E-state index in [0.29, 0.717) is 48.4 Å². The van der Waals surface area contributed by atoms with Crippen LogP contribution in [0.3, 0.4) is 0 Å². The number of hydrogen-bond donors (Lipinski definition) is 0. The zero-order valence-corrected chi connectivity index (χ0v) is 20.2. The SMILES string of the molecule is CC(C)N(C)c1nc(-c2ccc(F)cc2)cc(N2CCN(c3ncsc3C(F)(F)F)CC2C)n1. The van der Waals surface area contributed by atoms with Crippen molar-refractivity contribution in [3.8, 4) is 11.3 Å². The Labute approximate surface area is 199 Å². The minimum atomic E-state index is -4.43. The summed E-state index contributed by atoms with van der Waals surface area (Å²) in [5.41, 5.74) is 2.65. The van der Waals surface area contributed by atoms with Gasteiger partial charge in [0.15, 0.2) is 10.7 Å². The number of alkyl halides is 3. The maximum atomic E-state index is 13.5. The molecule has 0 radical (unpaired) electrons. The largest absolute Gasteiger partial charge is 0.429 e. The fourth-order valence-electron chi connectivity index (χ4n) is 3.88. The van der Waals surface area contributed by atoms with E-state index in [1.165, 1.54) is 17.6 Å². The Morgan fingerprint density at radius 2 is 1.82 bits per heavy atom. The lowest BCUT2D eigenvalue weighted by Crippen LogP contribution is -2.53. The summed E-state index contributed by atoms with van der Waals surface area (Å²) in [6.45, 7) is 7.24. The average Bonchev–Trinajstić information content (AvgIpc) is 3.29. The van der Waals surface area contributed by atoms with Crippen molar-refractivity contribution in [2.45, 2.75) is 39.0 Å². The molecule has 1 aliphatic rings. The number of halogens is 4. The number of hydrogen-bond acceptors (Lipinski definition) is 7. The molecule has 182 valence electrons. The normalized spacial score (nSPS) is 16.9. The maximum Gasteiger partial charge on any atom is 0.429 e. The fraction of sp³-hybridized carbons (Fsp3) is 0.435. The third kappa shape index (κ3) is 4.94. The Morgan fingerprint density at radius 1 is 1.12 bits per heavy atom. The average molecular weight is 495 g/mol. The summed E-state index contributed by atoms with van der Waals surface area (Å²) in [6, 6.07) is 7.99. The van der Waals surface area contributed by atoms with Crippen LogP contribution in [0.5, 0.6) is 0 Å². The van der Waals surface area contributed by atoms with Crippen LogP contribution < -0.4 is 14.7 Å². The number of nitrogens with zero attached hydrogens (tertiary/aromatic N) is 6. The molecule has 11 heteroatoms. The number of benzene rings is 1. The molecule has 0 saturated carbocycles. The predicted molar refractivity (Wildman–Crippen MR) is 127 cm³/mol. The Morgan fingerprint density at radius 3 is 2.44 bits per heavy atom. The van der Waals surface area contributed by atoms with Gasteiger partial charge >= 0.3 is 6.18 Å². The van der Waals surface area contributed by atoms with E-state index < -0.39 is 11.1 Å². The molecule has 1 aromatic carbocycles. The monoisotopic (exact) mass is 494 g/mol. The van der Waals surface area contributed by atoms with E-state index in [1.807, 2.05) is 38.8 Å². The van der Waals surface area contributed by atoms with E-state index in [4.69, 9.17) is 9.97 Å². The lowest BCUT2D eigenvalue weighted by atomic mass is 10.1. The first kappa shape index (κ1) is 24.2. The summed E-state index contributed by atoms with van der Waals surface area (Å²) in [4.78, 5) is 18.5. The Hall–Kier alpha value is -2.95. The first-order valence-electron chi connectivity index (χ1n) is 10.9. The van der Waals surface area contributed by atoms with Crippen LogP contribution in [0.2, 0.25) is 0 Å². The van der Waals surface area contributed by atoms with Crippen LogP contribution in [-0.4, -0.2) is 53.7 Å². The standard InChI is InChI=1S/C23H26F4N6S/c1-14(2)31(4)22-29-18(16-5-7-17(24)8-6-16)11-19(30-22)33-10-9-32(12-15(33)3)21-20(23(25,26)27)34-13-28-21/h5-8,11,13-15H,9-10,12H2,1-4H3. The molecule has 1 aliphatic heterocycles. The second-order valence-electron chi connectivity index (χ2n) is 8.61. The van der Waals surface area contributed by atoms with Crippen LogP contribution in [-0.2, 0) is 6.18 Å². The molecule has 0 amide bonds. The quantitative estimate of drug-likeness (QED) is 0.448. The summed E-state index contributed by atoms with van der Waals surface area (Å²) in [6.07, 6.45) is -4.43. The van der Waals surface area contributed by atoms with Gasteiger partial charge in [-0.1, -0.05) is 0 Å². The molecule has 3 heterocycles. The Balaban J connectivity index is 1.65. The molecule has 3 aromatic rings. The van der Waals surface area contributed by atoms with Gasteiger partial charge in [0, 0.05) is 50.4 Å². The molecule has 2 aromatic heterocycles. The number of rotatable bonds is 5. The van der Waals surface area contributed by atoms with Crippen molar-refractivity contribution in [2.24, 2.45) is 0 Å². The second-order valence-corrected chi connectivity index (χ2v) is 9.47. The topological polar surface area (TPSA) is 48.4 Å². The van der Waals surface area contributed by atoms with Gasteiger partial charge in [0.05, 0.1) is 11.2 Å². The van der Waals surface area contributed by atoms with Crippen molar-refractivity contribution in [1.29, 1.82) is 0 Å². The Bertz CT molecular complexity index is 1130. The summed E-state index contributed by atoms with van der Waals surface area (Å²) in [5.74, 6) is 0.861. The highest BCUT2D eigenvalue weighted by Gasteiger charge is 2.39. The summed E-state index contributed by atoms with van der Waals surface area (Å²) >= 11 is 0.613. The number of anilines is 3. The summed E-state index contributed by atoms with van der Waals surface area (Å²) < 4.78 is 53.6. The molecule has 34 heavy (non-hydrogen) atoms. The molecular formula is C23H26F4N6S. The third-order valence-corrected chi connectivity index (χ3v) is 6.82. The van der Waals surface area contributed by atoms with E-state index in [-0.39, 0.29) is 23.7 Å². The molecule has 1 saturated heterocycles. The number of piperazine rings is 1. The van der Waals surface area contributed by atoms with Crippen molar-refractivity contribution < 1.29 is 17.6 Å². The van der Waals surface area contributed by atoms with E-state index >= 15 is 0 Å². The third-order valence-electron chi connectivity index (χ3n) is 5.96. The molecule has 0 bridgehead atoms. The lowest BCUT2D eigenvalue weighted by molar-refractivity contribution is -0.134. The first-order valence-corrected chi connectivity index (χ1v) is 11.8. The lowest BCUT2D eigenvalue weighted by Gasteiger charge is -2.41. The number of thiazole rings is 1. The molecule has 1 unspecified atom stereocenters. The van der Waals surface area contributed by atoms with Crippen molar-refractivity contribution in [3.63, 3.8) is 0 Å². The molecule has 1 fully saturated rings. The van der Waals surface area contributed by atoms with Gasteiger partial charge in [-0.05, 0) is 45.0 Å². The van der Waals surface area contributed by atoms with Gasteiger partial charge in [-0.15, -0.1) is 11.3 Å². The van der Waals surface area contributed by atoms with E-state index in [1.54, 1.807) is 17.0 Å². The minimum Gasteiger partial charge on any atom is -0.352 e. The molecule has 0 aliphatic carbocycles. The van der Waals surface area contributed by atoms with Crippen LogP contribution in [0.4, 0.5) is 35.1 Å². The number of aromatic nitrogens is 3. The Kier molecular flexibility index (Phi) is 6.66. The van der Waals surface area contributed by atoms with Crippen molar-refractivity contribution in [3.05, 3.63) is 46.5 Å². The smallest absolute Gasteiger partial charge is 0.352 e. The van der Waals surface area contributed by atoms with Gasteiger partial charge in [0.25, 0.3) is 0 Å². The van der Waals surface area contributed by atoms with E-state index in [9.17, 15) is 17.6 Å². The van der Waals surface area contributed by atoms with Gasteiger partial charge in [0.1, 0.15) is 11.6 Å². The van der Waals surface area contributed by atoms with Crippen LogP contribution in [0.25, 0.3) is 11.3 Å². The van der Waals surface area contributed by atoms with E-state index in [0.717, 1.165) is 5.56 Å². The highest BCUT2D eigenvalue weighted by Crippen LogP contribution is 2.39. The molecule has 6 nitrogen and oxygen atoms in total. The highest BCUT2D eigenvalue weighted by atomic mass is 32.1. The zero-order chi connectivity index (χ0) is 24.6. The minimum absolute atomic E-state index is 0.0149. The van der Waals surface area contributed by atoms with Crippen LogP contribution in [0.15, 0.2) is 35.8 Å². The summed E-state index contributed by atoms with van der Waals surface area (Å²) in [7, 11) is 1.90. The van der Waals surface area contributed by atoms with Crippen LogP contribution >= 0.6 is 11.3 Å². The van der Waals surface area contributed by atoms with Crippen LogP contribution in [0.1, 0.15) is 25.6 Å². The van der Waals surface area contributed by atoms with Crippen molar-refractivity contribution >= 4 is 28.9 Å². The maximum absolute atomic E-state index is 13.5. The van der Waals surface area contributed by atoms with Gasteiger partial charge in [0.2, 0.25) is 5.95 Å². The van der Waals surface area contributed by atoms with E-state index in [2.05, 4.69) is 9.88 Å². The molecule has 1 atom stereocenters. The zero-order valence-electron chi connectivity index (χ0n) is 19.3. The van der Waals surface area contributed by atoms with Gasteiger partial charge in [-0.3, -0.25) is 0 Å². The highest BCUT2D eigenvalue weighted by molar-refractivity contribution is 7.10. The molecular weight excluding hydrogens is 468 g/mol. The van der Waals surface area contributed by atoms with Gasteiger partial charge in [-0.2, -0.15) is 18.2 Å². The predicted octanol–water partition coefficient (Wildman–Crippen LogP) is 5.32. The first-order chi connectivity index (χ1) is 16.0. The van der Waals surface area contributed by atoms with Gasteiger partial charge in [-0.25, -0.2) is 14.4 Å². The van der Waals surface area contributed by atoms with Crippen LogP contribution in [0, 0.1) is 5.82 Å². The fourth-order valence-corrected chi connectivity index (χ4v) is 4.55. The summed E-state index contributed by atoms with van der Waals surface area (Å²) in [5, 5.41) is 0. The van der Waals surface area contributed by atoms with Crippen molar-refractivity contribution in [2.75, 3.05) is 41.4 Å². The molecule has 0 spiro atoms. The molecule has 0 N–H and O–H groups in total. The van der Waals surface area contributed by atoms with Crippen molar-refractivity contribution in [1.82, 2.24) is 15.0 Å². The molecule has 4 rings (SSSR count). The second kappa shape index (κ2) is 9.36. The van der Waals surface area contributed by atoms with Gasteiger partial charge < -0.3 is 14.7 Å².